The molecule has 0 unspecified atom stereocenters. The maximum absolute atomic E-state index is 10.7. The molecule has 5 nitrogen and oxygen atoms in total. The summed E-state index contributed by atoms with van der Waals surface area (Å²) in [7, 11) is 0. The summed E-state index contributed by atoms with van der Waals surface area (Å²) in [6, 6.07) is 7.08. The van der Waals surface area contributed by atoms with E-state index in [1.54, 1.807) is 0 Å². The minimum Gasteiger partial charge on any atom is -0.506 e. The van der Waals surface area contributed by atoms with Gasteiger partial charge in [0.25, 0.3) is 0 Å². The highest BCUT2D eigenvalue weighted by Crippen LogP contribution is 2.34. The van der Waals surface area contributed by atoms with Crippen LogP contribution in [-0.2, 0) is 0 Å². The number of nitroso groups, excluding NO2 is 1. The first-order valence-electron chi connectivity index (χ1n) is 4.46. The van der Waals surface area contributed by atoms with Gasteiger partial charge in [-0.1, -0.05) is 12.1 Å². The standard InChI is InChI=1S/C11H7NO4/c13-9-4-2-6-5-7(11(14)15)1-3-8(6)10(9)12-16/h1-5,13H,(H,14,15). The zero-order valence-corrected chi connectivity index (χ0v) is 8.04. The summed E-state index contributed by atoms with van der Waals surface area (Å²) in [4.78, 5) is 21.3. The van der Waals surface area contributed by atoms with E-state index in [4.69, 9.17) is 5.11 Å². The molecule has 0 aromatic heterocycles. The minimum atomic E-state index is -1.05. The van der Waals surface area contributed by atoms with Gasteiger partial charge in [0.1, 0.15) is 5.75 Å². The van der Waals surface area contributed by atoms with Crippen molar-refractivity contribution in [3.8, 4) is 5.75 Å². The zero-order chi connectivity index (χ0) is 11.7. The molecule has 2 N–H and O–H groups in total. The number of aromatic hydroxyl groups is 1. The summed E-state index contributed by atoms with van der Waals surface area (Å²) in [6.07, 6.45) is 0. The van der Waals surface area contributed by atoms with Gasteiger partial charge in [0.15, 0.2) is 5.69 Å². The van der Waals surface area contributed by atoms with Crippen LogP contribution in [0.2, 0.25) is 0 Å². The Labute approximate surface area is 89.9 Å². The number of rotatable bonds is 2. The van der Waals surface area contributed by atoms with Gasteiger partial charge in [-0.05, 0) is 28.8 Å². The van der Waals surface area contributed by atoms with Crippen LogP contribution in [0.4, 0.5) is 5.69 Å². The number of benzene rings is 2. The molecule has 16 heavy (non-hydrogen) atoms. The highest BCUT2D eigenvalue weighted by Gasteiger charge is 2.09. The Bertz CT molecular complexity index is 592. The molecule has 0 aliphatic heterocycles. The number of fused-ring (bicyclic) bond motifs is 1. The maximum Gasteiger partial charge on any atom is 0.335 e. The lowest BCUT2D eigenvalue weighted by Gasteiger charge is -2.03. The Morgan fingerprint density at radius 2 is 1.94 bits per heavy atom. The van der Waals surface area contributed by atoms with Gasteiger partial charge < -0.3 is 10.2 Å². The number of phenolic OH excluding ortho intramolecular Hbond substituents is 1. The molecule has 0 heterocycles. The van der Waals surface area contributed by atoms with E-state index in [1.807, 2.05) is 0 Å². The molecule has 5 heteroatoms. The second-order valence-electron chi connectivity index (χ2n) is 3.27. The summed E-state index contributed by atoms with van der Waals surface area (Å²) in [5.41, 5.74) is 0.0458. The third-order valence-electron chi connectivity index (χ3n) is 2.31. The molecule has 0 fully saturated rings. The van der Waals surface area contributed by atoms with Gasteiger partial charge in [-0.2, -0.15) is 0 Å². The number of carbonyl (C=O) groups is 1. The number of nitrogens with zero attached hydrogens (tertiary/aromatic N) is 1. The molecule has 0 spiro atoms. The molecule has 0 amide bonds. The molecule has 0 atom stereocenters. The van der Waals surface area contributed by atoms with Crippen molar-refractivity contribution in [3.63, 3.8) is 0 Å². The van der Waals surface area contributed by atoms with Crippen LogP contribution in [0.25, 0.3) is 10.8 Å². The normalized spacial score (nSPS) is 10.2. The van der Waals surface area contributed by atoms with Gasteiger partial charge in [0.05, 0.1) is 5.56 Å². The van der Waals surface area contributed by atoms with Crippen LogP contribution >= 0.6 is 0 Å². The fourth-order valence-electron chi connectivity index (χ4n) is 1.53. The molecule has 0 saturated heterocycles. The highest BCUT2D eigenvalue weighted by atomic mass is 16.4. The minimum absolute atomic E-state index is 0.0746. The summed E-state index contributed by atoms with van der Waals surface area (Å²) >= 11 is 0. The third-order valence-corrected chi connectivity index (χ3v) is 2.31. The Morgan fingerprint density at radius 3 is 2.56 bits per heavy atom. The van der Waals surface area contributed by atoms with Crippen LogP contribution in [-0.4, -0.2) is 16.2 Å². The maximum atomic E-state index is 10.7. The Hall–Kier alpha value is -2.43. The summed E-state index contributed by atoms with van der Waals surface area (Å²) in [5.74, 6) is -1.26. The van der Waals surface area contributed by atoms with Gasteiger partial charge in [0.2, 0.25) is 0 Å². The van der Waals surface area contributed by atoms with Gasteiger partial charge in [-0.25, -0.2) is 4.79 Å². The zero-order valence-electron chi connectivity index (χ0n) is 8.04. The lowest BCUT2D eigenvalue weighted by Crippen LogP contribution is -1.95. The second kappa shape index (κ2) is 3.62. The van der Waals surface area contributed by atoms with Crippen LogP contribution in [0.1, 0.15) is 10.4 Å². The van der Waals surface area contributed by atoms with E-state index in [-0.39, 0.29) is 17.0 Å². The number of hydrogen-bond acceptors (Lipinski definition) is 4. The average molecular weight is 217 g/mol. The van der Waals surface area contributed by atoms with E-state index >= 15 is 0 Å². The molecule has 0 saturated carbocycles. The average Bonchev–Trinajstić information content (AvgIpc) is 2.28. The van der Waals surface area contributed by atoms with Crippen molar-refractivity contribution in [2.45, 2.75) is 0 Å². The lowest BCUT2D eigenvalue weighted by atomic mass is 10.1. The summed E-state index contributed by atoms with van der Waals surface area (Å²) < 4.78 is 0. The SMILES string of the molecule is O=Nc1c(O)ccc2cc(C(=O)O)ccc12. The fraction of sp³-hybridized carbons (Fsp3) is 0. The molecule has 2 aromatic carbocycles. The highest BCUT2D eigenvalue weighted by molar-refractivity contribution is 6.00. The van der Waals surface area contributed by atoms with Crippen molar-refractivity contribution in [3.05, 3.63) is 40.8 Å². The van der Waals surface area contributed by atoms with Crippen molar-refractivity contribution < 1.29 is 15.0 Å². The smallest absolute Gasteiger partial charge is 0.335 e. The predicted molar refractivity (Wildman–Crippen MR) is 58.0 cm³/mol. The van der Waals surface area contributed by atoms with Crippen LogP contribution in [0.15, 0.2) is 35.5 Å². The molecule has 80 valence electrons. The first kappa shape index (κ1) is 10.1. The molecular formula is C11H7NO4. The molecule has 0 bridgehead atoms. The van der Waals surface area contributed by atoms with Gasteiger partial charge in [-0.3, -0.25) is 0 Å². The first-order chi connectivity index (χ1) is 7.63. The van der Waals surface area contributed by atoms with E-state index in [0.29, 0.717) is 10.8 Å². The van der Waals surface area contributed by atoms with Gasteiger partial charge in [-0.15, -0.1) is 4.91 Å². The van der Waals surface area contributed by atoms with Crippen LogP contribution in [0.3, 0.4) is 0 Å². The molecule has 0 radical (unpaired) electrons. The van der Waals surface area contributed by atoms with E-state index < -0.39 is 5.97 Å². The van der Waals surface area contributed by atoms with Crippen molar-refractivity contribution in [2.24, 2.45) is 5.18 Å². The van der Waals surface area contributed by atoms with Gasteiger partial charge >= 0.3 is 5.97 Å². The Balaban J connectivity index is 2.78. The molecule has 0 aliphatic rings. The number of carboxylic acids is 1. The van der Waals surface area contributed by atoms with E-state index in [1.165, 1.54) is 30.3 Å². The molecule has 2 aromatic rings. The van der Waals surface area contributed by atoms with E-state index in [2.05, 4.69) is 5.18 Å². The number of carboxylic acid groups (broad SMARTS) is 1. The Morgan fingerprint density at radius 1 is 1.19 bits per heavy atom. The van der Waals surface area contributed by atoms with E-state index in [0.717, 1.165) is 0 Å². The molecule has 2 rings (SSSR count). The first-order valence-corrected chi connectivity index (χ1v) is 4.46. The van der Waals surface area contributed by atoms with Crippen molar-refractivity contribution in [1.29, 1.82) is 0 Å². The van der Waals surface area contributed by atoms with Crippen LogP contribution < -0.4 is 0 Å². The van der Waals surface area contributed by atoms with Crippen LogP contribution in [0.5, 0.6) is 5.75 Å². The second-order valence-corrected chi connectivity index (χ2v) is 3.27. The Kier molecular flexibility index (Phi) is 2.28. The predicted octanol–water partition coefficient (Wildman–Crippen LogP) is 2.64. The number of phenols is 1. The molecular weight excluding hydrogens is 210 g/mol. The quantitative estimate of drug-likeness (QED) is 0.757. The third kappa shape index (κ3) is 1.48. The summed E-state index contributed by atoms with van der Waals surface area (Å²) in [5, 5.41) is 21.9. The van der Waals surface area contributed by atoms with Crippen LogP contribution in [0, 0.1) is 4.91 Å². The van der Waals surface area contributed by atoms with Crippen molar-refractivity contribution >= 4 is 22.4 Å². The largest absolute Gasteiger partial charge is 0.506 e. The summed E-state index contributed by atoms with van der Waals surface area (Å²) in [6.45, 7) is 0. The number of aromatic carboxylic acids is 1. The van der Waals surface area contributed by atoms with Gasteiger partial charge in [0, 0.05) is 5.39 Å². The topological polar surface area (TPSA) is 87.0 Å². The molecule has 0 aliphatic carbocycles. The monoisotopic (exact) mass is 217 g/mol. The van der Waals surface area contributed by atoms with Crippen molar-refractivity contribution in [2.75, 3.05) is 0 Å². The van der Waals surface area contributed by atoms with E-state index in [9.17, 15) is 14.8 Å². The fourth-order valence-corrected chi connectivity index (χ4v) is 1.53. The number of hydrogen-bond donors (Lipinski definition) is 2. The lowest BCUT2D eigenvalue weighted by molar-refractivity contribution is 0.0697. The van der Waals surface area contributed by atoms with Crippen molar-refractivity contribution in [1.82, 2.24) is 0 Å².